The minimum absolute atomic E-state index is 0.0771. The molecule has 10 heteroatoms. The molecular weight excluding hydrogens is 469 g/mol. The van der Waals surface area contributed by atoms with Gasteiger partial charge in [0.2, 0.25) is 5.91 Å². The molecule has 2 aromatic carbocycles. The SMILES string of the molecule is Cc1c([C@@H](N)Nc2nnc(C)c3ccc(N4CCC5(CCNC5=O)CC4)cc23)cccc1C(F)(F)F. The van der Waals surface area contributed by atoms with E-state index in [2.05, 4.69) is 25.7 Å². The lowest BCUT2D eigenvalue weighted by molar-refractivity contribution is -0.138. The monoisotopic (exact) mass is 498 g/mol. The number of anilines is 2. The molecular formula is C26H29F3N6O. The molecule has 1 amide bonds. The standard InChI is InChI=1S/C26H29F3N6O/c1-15-18(4-3-5-21(15)26(27,28)29)22(30)32-23-20-14-17(6-7-19(20)16(2)33-34-23)35-12-9-25(10-13-35)8-11-31-24(25)36/h3-7,14,22H,8-13,30H2,1-2H3,(H,31,36)(H,32,34)/t22-/m0/s1. The number of rotatable bonds is 4. The van der Waals surface area contributed by atoms with Crippen molar-refractivity contribution in [2.75, 3.05) is 29.9 Å². The first-order valence-corrected chi connectivity index (χ1v) is 12.1. The zero-order valence-electron chi connectivity index (χ0n) is 20.2. The predicted octanol–water partition coefficient (Wildman–Crippen LogP) is 4.44. The van der Waals surface area contributed by atoms with Crippen molar-refractivity contribution < 1.29 is 18.0 Å². The van der Waals surface area contributed by atoms with E-state index in [0.29, 0.717) is 11.4 Å². The molecule has 0 bridgehead atoms. The number of alkyl halides is 3. The van der Waals surface area contributed by atoms with E-state index in [1.54, 1.807) is 6.07 Å². The van der Waals surface area contributed by atoms with Crippen molar-refractivity contribution in [1.82, 2.24) is 15.5 Å². The number of aromatic nitrogens is 2. The van der Waals surface area contributed by atoms with Crippen molar-refractivity contribution >= 4 is 28.2 Å². The second kappa shape index (κ2) is 8.92. The molecule has 5 rings (SSSR count). The Bertz CT molecular complexity index is 1320. The van der Waals surface area contributed by atoms with Gasteiger partial charge in [0.05, 0.1) is 16.7 Å². The second-order valence-corrected chi connectivity index (χ2v) is 9.78. The molecule has 7 nitrogen and oxygen atoms in total. The zero-order valence-corrected chi connectivity index (χ0v) is 20.2. The first-order chi connectivity index (χ1) is 17.1. The minimum Gasteiger partial charge on any atom is -0.371 e. The summed E-state index contributed by atoms with van der Waals surface area (Å²) < 4.78 is 40.2. The van der Waals surface area contributed by atoms with Crippen LogP contribution in [0.3, 0.4) is 0 Å². The number of nitrogens with zero attached hydrogens (tertiary/aromatic N) is 3. The van der Waals surface area contributed by atoms with E-state index in [0.717, 1.165) is 67.1 Å². The number of carbonyl (C=O) groups is 1. The molecule has 3 aromatic rings. The smallest absolute Gasteiger partial charge is 0.371 e. The highest BCUT2D eigenvalue weighted by molar-refractivity contribution is 5.95. The highest BCUT2D eigenvalue weighted by Gasteiger charge is 2.44. The molecule has 3 heterocycles. The summed E-state index contributed by atoms with van der Waals surface area (Å²) in [4.78, 5) is 14.6. The first kappa shape index (κ1) is 24.3. The van der Waals surface area contributed by atoms with Gasteiger partial charge in [-0.3, -0.25) is 4.79 Å². The molecule has 2 fully saturated rings. The maximum atomic E-state index is 13.4. The Morgan fingerprint density at radius 1 is 1.08 bits per heavy atom. The molecule has 1 atom stereocenters. The van der Waals surface area contributed by atoms with Crippen LogP contribution in [0.15, 0.2) is 36.4 Å². The van der Waals surface area contributed by atoms with Gasteiger partial charge in [0, 0.05) is 36.1 Å². The number of amides is 1. The molecule has 0 aliphatic carbocycles. The van der Waals surface area contributed by atoms with Gasteiger partial charge in [0.15, 0.2) is 5.82 Å². The largest absolute Gasteiger partial charge is 0.416 e. The molecule has 4 N–H and O–H groups in total. The van der Waals surface area contributed by atoms with Gasteiger partial charge in [0.1, 0.15) is 6.17 Å². The summed E-state index contributed by atoms with van der Waals surface area (Å²) in [5, 5.41) is 16.2. The average Bonchev–Trinajstić information content (AvgIpc) is 3.19. The molecule has 0 unspecified atom stereocenters. The van der Waals surface area contributed by atoms with Gasteiger partial charge in [-0.15, -0.1) is 5.10 Å². The normalized spacial score (nSPS) is 18.5. The topological polar surface area (TPSA) is 96.2 Å². The summed E-state index contributed by atoms with van der Waals surface area (Å²) in [6.45, 7) is 5.56. The third-order valence-electron chi connectivity index (χ3n) is 7.71. The lowest BCUT2D eigenvalue weighted by atomic mass is 9.77. The molecule has 1 spiro atoms. The van der Waals surface area contributed by atoms with Gasteiger partial charge in [-0.2, -0.15) is 18.3 Å². The number of halogens is 3. The molecule has 190 valence electrons. The Kier molecular flexibility index (Phi) is 6.02. The van der Waals surface area contributed by atoms with E-state index in [4.69, 9.17) is 5.73 Å². The summed E-state index contributed by atoms with van der Waals surface area (Å²) in [7, 11) is 0. The zero-order chi connectivity index (χ0) is 25.7. The fraction of sp³-hybridized carbons (Fsp3) is 0.423. The lowest BCUT2D eigenvalue weighted by Crippen LogP contribution is -2.43. The van der Waals surface area contributed by atoms with Crippen molar-refractivity contribution in [3.8, 4) is 0 Å². The molecule has 2 aliphatic rings. The van der Waals surface area contributed by atoms with E-state index in [1.165, 1.54) is 13.0 Å². The van der Waals surface area contributed by atoms with Crippen LogP contribution in [-0.2, 0) is 11.0 Å². The van der Waals surface area contributed by atoms with E-state index in [9.17, 15) is 18.0 Å². The van der Waals surface area contributed by atoms with Crippen LogP contribution < -0.4 is 21.3 Å². The summed E-state index contributed by atoms with van der Waals surface area (Å²) in [5.74, 6) is 0.572. The lowest BCUT2D eigenvalue weighted by Gasteiger charge is -2.38. The number of nitrogens with one attached hydrogen (secondary N) is 2. The van der Waals surface area contributed by atoms with Crippen LogP contribution in [0.5, 0.6) is 0 Å². The summed E-state index contributed by atoms with van der Waals surface area (Å²) >= 11 is 0. The van der Waals surface area contributed by atoms with Gasteiger partial charge in [-0.05, 0) is 62.4 Å². The maximum Gasteiger partial charge on any atom is 0.416 e. The van der Waals surface area contributed by atoms with Crippen molar-refractivity contribution in [2.45, 2.75) is 45.5 Å². The Morgan fingerprint density at radius 3 is 2.50 bits per heavy atom. The average molecular weight is 499 g/mol. The number of nitrogens with two attached hydrogens (primary N) is 1. The van der Waals surface area contributed by atoms with Crippen LogP contribution in [0.4, 0.5) is 24.7 Å². The first-order valence-electron chi connectivity index (χ1n) is 12.1. The molecule has 0 saturated carbocycles. The maximum absolute atomic E-state index is 13.4. The Hall–Kier alpha value is -3.40. The predicted molar refractivity (Wildman–Crippen MR) is 133 cm³/mol. The Morgan fingerprint density at radius 2 is 1.83 bits per heavy atom. The third-order valence-corrected chi connectivity index (χ3v) is 7.71. The van der Waals surface area contributed by atoms with Gasteiger partial charge >= 0.3 is 6.18 Å². The Balaban J connectivity index is 1.43. The summed E-state index contributed by atoms with van der Waals surface area (Å²) in [6, 6.07) is 10.0. The quantitative estimate of drug-likeness (QED) is 0.461. The number of benzene rings is 2. The van der Waals surface area contributed by atoms with Gasteiger partial charge in [-0.25, -0.2) is 0 Å². The summed E-state index contributed by atoms with van der Waals surface area (Å²) in [6.07, 6.45) is -2.89. The second-order valence-electron chi connectivity index (χ2n) is 9.78. The van der Waals surface area contributed by atoms with E-state index >= 15 is 0 Å². The van der Waals surface area contributed by atoms with Gasteiger partial charge < -0.3 is 21.3 Å². The number of hydrogen-bond donors (Lipinski definition) is 3. The molecule has 2 aliphatic heterocycles. The van der Waals surface area contributed by atoms with Crippen LogP contribution >= 0.6 is 0 Å². The van der Waals surface area contributed by atoms with Gasteiger partial charge in [0.25, 0.3) is 0 Å². The van der Waals surface area contributed by atoms with E-state index < -0.39 is 17.9 Å². The van der Waals surface area contributed by atoms with Crippen LogP contribution in [0, 0.1) is 19.3 Å². The highest BCUT2D eigenvalue weighted by Crippen LogP contribution is 2.40. The summed E-state index contributed by atoms with van der Waals surface area (Å²) in [5.41, 5.74) is 7.53. The minimum atomic E-state index is -4.46. The number of hydrogen-bond acceptors (Lipinski definition) is 6. The van der Waals surface area contributed by atoms with E-state index in [1.807, 2.05) is 25.1 Å². The number of piperidine rings is 1. The Labute approximate surface area is 207 Å². The number of aryl methyl sites for hydroxylation is 1. The fourth-order valence-corrected chi connectivity index (χ4v) is 5.49. The molecule has 2 saturated heterocycles. The van der Waals surface area contributed by atoms with Crippen LogP contribution in [0.25, 0.3) is 10.8 Å². The molecule has 36 heavy (non-hydrogen) atoms. The third kappa shape index (κ3) is 4.23. The van der Waals surface area contributed by atoms with Crippen molar-refractivity contribution in [3.63, 3.8) is 0 Å². The number of fused-ring (bicyclic) bond motifs is 1. The van der Waals surface area contributed by atoms with Crippen LogP contribution in [0.2, 0.25) is 0 Å². The van der Waals surface area contributed by atoms with Crippen molar-refractivity contribution in [1.29, 1.82) is 0 Å². The van der Waals surface area contributed by atoms with E-state index in [-0.39, 0.29) is 16.9 Å². The van der Waals surface area contributed by atoms with Crippen LogP contribution in [-0.4, -0.2) is 35.7 Å². The van der Waals surface area contributed by atoms with Crippen LogP contribution in [0.1, 0.15) is 47.8 Å². The highest BCUT2D eigenvalue weighted by atomic mass is 19.4. The fourth-order valence-electron chi connectivity index (χ4n) is 5.49. The van der Waals surface area contributed by atoms with Gasteiger partial charge in [-0.1, -0.05) is 18.2 Å². The molecule has 0 radical (unpaired) electrons. The number of carbonyl (C=O) groups excluding carboxylic acids is 1. The molecule has 1 aromatic heterocycles. The van der Waals surface area contributed by atoms with Crippen molar-refractivity contribution in [3.05, 3.63) is 58.8 Å². The van der Waals surface area contributed by atoms with Crippen molar-refractivity contribution in [2.24, 2.45) is 11.1 Å².